The number of rotatable bonds is 5. The number of hydrogen-bond donors (Lipinski definition) is 1. The van der Waals surface area contributed by atoms with Gasteiger partial charge in [0.2, 0.25) is 10.0 Å². The Bertz CT molecular complexity index is 723. The largest absolute Gasteiger partial charge is 0.464 e. The van der Waals surface area contributed by atoms with Gasteiger partial charge < -0.3 is 10.2 Å². The van der Waals surface area contributed by atoms with E-state index in [1.54, 1.807) is 31.2 Å². The number of benzene rings is 1. The molecule has 0 bridgehead atoms. The minimum Gasteiger partial charge on any atom is -0.464 e. The van der Waals surface area contributed by atoms with Gasteiger partial charge in [-0.15, -0.1) is 0 Å². The van der Waals surface area contributed by atoms with Crippen LogP contribution >= 0.6 is 11.6 Å². The van der Waals surface area contributed by atoms with Crippen molar-refractivity contribution in [1.29, 1.82) is 0 Å². The molecule has 114 valence electrons. The third-order valence-electron chi connectivity index (χ3n) is 3.13. The molecule has 0 fully saturated rings. The molecule has 0 atom stereocenters. The van der Waals surface area contributed by atoms with Gasteiger partial charge in [0.1, 0.15) is 16.4 Å². The van der Waals surface area contributed by atoms with Crippen LogP contribution < -0.4 is 5.73 Å². The van der Waals surface area contributed by atoms with Crippen molar-refractivity contribution in [2.45, 2.75) is 24.9 Å². The van der Waals surface area contributed by atoms with Crippen molar-refractivity contribution >= 4 is 21.6 Å². The maximum atomic E-state index is 12.6. The lowest BCUT2D eigenvalue weighted by Gasteiger charge is -2.16. The molecule has 0 aliphatic heterocycles. The van der Waals surface area contributed by atoms with Crippen molar-refractivity contribution in [1.82, 2.24) is 4.31 Å². The predicted octanol–water partition coefficient (Wildman–Crippen LogP) is 2.52. The molecular formula is C14H17ClN2O3S. The zero-order valence-corrected chi connectivity index (χ0v) is 13.4. The first-order valence-electron chi connectivity index (χ1n) is 6.34. The summed E-state index contributed by atoms with van der Waals surface area (Å²) in [7, 11) is -2.09. The average molecular weight is 329 g/mol. The van der Waals surface area contributed by atoms with Crippen LogP contribution in [0.15, 0.2) is 39.6 Å². The second-order valence-electron chi connectivity index (χ2n) is 4.72. The zero-order chi connectivity index (χ0) is 15.6. The molecule has 2 N–H and O–H groups in total. The number of aryl methyl sites for hydroxylation is 1. The number of sulfonamides is 1. The second kappa shape index (κ2) is 6.19. The molecule has 0 amide bonds. The van der Waals surface area contributed by atoms with Crippen LogP contribution in [0.2, 0.25) is 5.02 Å². The molecule has 0 saturated carbocycles. The SMILES string of the molecule is Cc1oc(CN)cc1S(=O)(=O)N(C)Cc1ccc(Cl)cc1. The van der Waals surface area contributed by atoms with Gasteiger partial charge >= 0.3 is 0 Å². The Morgan fingerprint density at radius 3 is 2.43 bits per heavy atom. The van der Waals surface area contributed by atoms with E-state index in [4.69, 9.17) is 21.8 Å². The minimum atomic E-state index is -3.62. The molecule has 0 aliphatic rings. The van der Waals surface area contributed by atoms with E-state index in [1.165, 1.54) is 17.4 Å². The zero-order valence-electron chi connectivity index (χ0n) is 11.8. The van der Waals surface area contributed by atoms with Gasteiger partial charge in [-0.3, -0.25) is 0 Å². The molecule has 1 heterocycles. The Labute approximate surface area is 129 Å². The fraction of sp³-hybridized carbons (Fsp3) is 0.286. The molecule has 1 aromatic carbocycles. The molecule has 5 nitrogen and oxygen atoms in total. The lowest BCUT2D eigenvalue weighted by Crippen LogP contribution is -2.26. The van der Waals surface area contributed by atoms with E-state index in [9.17, 15) is 8.42 Å². The van der Waals surface area contributed by atoms with E-state index in [1.807, 2.05) is 0 Å². The van der Waals surface area contributed by atoms with Crippen LogP contribution in [0.5, 0.6) is 0 Å². The second-order valence-corrected chi connectivity index (χ2v) is 7.17. The monoisotopic (exact) mass is 328 g/mol. The molecule has 0 aliphatic carbocycles. The van der Waals surface area contributed by atoms with Gasteiger partial charge in [0.05, 0.1) is 6.54 Å². The van der Waals surface area contributed by atoms with E-state index < -0.39 is 10.0 Å². The van der Waals surface area contributed by atoms with Crippen molar-refractivity contribution in [3.05, 3.63) is 52.4 Å². The Morgan fingerprint density at radius 1 is 1.29 bits per heavy atom. The summed E-state index contributed by atoms with van der Waals surface area (Å²) in [6.07, 6.45) is 0. The molecule has 1 aromatic heterocycles. The van der Waals surface area contributed by atoms with Gasteiger partial charge in [0.25, 0.3) is 0 Å². The molecule has 0 saturated heterocycles. The lowest BCUT2D eigenvalue weighted by atomic mass is 10.2. The molecular weight excluding hydrogens is 312 g/mol. The van der Waals surface area contributed by atoms with Crippen LogP contribution in [-0.4, -0.2) is 19.8 Å². The first-order chi connectivity index (χ1) is 9.84. The van der Waals surface area contributed by atoms with Crippen molar-refractivity contribution in [3.63, 3.8) is 0 Å². The highest BCUT2D eigenvalue weighted by Gasteiger charge is 2.26. The number of hydrogen-bond acceptors (Lipinski definition) is 4. The van der Waals surface area contributed by atoms with Crippen LogP contribution in [0.4, 0.5) is 0 Å². The van der Waals surface area contributed by atoms with Crippen molar-refractivity contribution in [3.8, 4) is 0 Å². The Kier molecular flexibility index (Phi) is 4.73. The number of furan rings is 1. The molecule has 2 aromatic rings. The van der Waals surface area contributed by atoms with Crippen molar-refractivity contribution in [2.75, 3.05) is 7.05 Å². The summed E-state index contributed by atoms with van der Waals surface area (Å²) in [5, 5.41) is 0.613. The molecule has 0 unspecified atom stereocenters. The average Bonchev–Trinajstić information content (AvgIpc) is 2.83. The topological polar surface area (TPSA) is 76.5 Å². The summed E-state index contributed by atoms with van der Waals surface area (Å²) in [5.41, 5.74) is 6.33. The Morgan fingerprint density at radius 2 is 1.90 bits per heavy atom. The fourth-order valence-corrected chi connectivity index (χ4v) is 3.45. The number of halogens is 1. The summed E-state index contributed by atoms with van der Waals surface area (Å²) < 4.78 is 31.7. The van der Waals surface area contributed by atoms with Crippen LogP contribution in [0.25, 0.3) is 0 Å². The van der Waals surface area contributed by atoms with Crippen molar-refractivity contribution < 1.29 is 12.8 Å². The summed E-state index contributed by atoms with van der Waals surface area (Å²) in [6.45, 7) is 2.03. The number of nitrogens with zero attached hydrogens (tertiary/aromatic N) is 1. The lowest BCUT2D eigenvalue weighted by molar-refractivity contribution is 0.456. The van der Waals surface area contributed by atoms with E-state index >= 15 is 0 Å². The van der Waals surface area contributed by atoms with Gasteiger partial charge in [-0.05, 0) is 24.6 Å². The van der Waals surface area contributed by atoms with Gasteiger partial charge in [-0.2, -0.15) is 4.31 Å². The van der Waals surface area contributed by atoms with Crippen LogP contribution in [0, 0.1) is 6.92 Å². The predicted molar refractivity (Wildman–Crippen MR) is 81.4 cm³/mol. The van der Waals surface area contributed by atoms with Crippen LogP contribution in [0.1, 0.15) is 17.1 Å². The summed E-state index contributed by atoms with van der Waals surface area (Å²) >= 11 is 5.82. The smallest absolute Gasteiger partial charge is 0.246 e. The fourth-order valence-electron chi connectivity index (χ4n) is 1.98. The van der Waals surface area contributed by atoms with Gasteiger partial charge in [0, 0.05) is 24.7 Å². The molecule has 0 spiro atoms. The first-order valence-corrected chi connectivity index (χ1v) is 8.16. The quantitative estimate of drug-likeness (QED) is 0.915. The van der Waals surface area contributed by atoms with Crippen LogP contribution in [0.3, 0.4) is 0 Å². The third kappa shape index (κ3) is 3.47. The molecule has 0 radical (unpaired) electrons. The van der Waals surface area contributed by atoms with Gasteiger partial charge in [0.15, 0.2) is 0 Å². The van der Waals surface area contributed by atoms with E-state index in [0.29, 0.717) is 16.5 Å². The Balaban J connectivity index is 2.25. The third-order valence-corrected chi connectivity index (χ3v) is 5.29. The van der Waals surface area contributed by atoms with Crippen LogP contribution in [-0.2, 0) is 23.1 Å². The molecule has 7 heteroatoms. The summed E-state index contributed by atoms with van der Waals surface area (Å²) in [5.74, 6) is 0.796. The van der Waals surface area contributed by atoms with Gasteiger partial charge in [-0.1, -0.05) is 23.7 Å². The van der Waals surface area contributed by atoms with Crippen molar-refractivity contribution in [2.24, 2.45) is 5.73 Å². The van der Waals surface area contributed by atoms with Gasteiger partial charge in [-0.25, -0.2) is 8.42 Å². The first kappa shape index (κ1) is 16.0. The minimum absolute atomic E-state index is 0.152. The highest BCUT2D eigenvalue weighted by atomic mass is 35.5. The van der Waals surface area contributed by atoms with E-state index in [0.717, 1.165) is 5.56 Å². The Hall–Kier alpha value is -1.34. The summed E-state index contributed by atoms with van der Waals surface area (Å²) in [4.78, 5) is 0.152. The standard InChI is InChI=1S/C14H17ClN2O3S/c1-10-14(7-13(8-16)20-10)21(18,19)17(2)9-11-3-5-12(15)6-4-11/h3-7H,8-9,16H2,1-2H3. The highest BCUT2D eigenvalue weighted by Crippen LogP contribution is 2.24. The van der Waals surface area contributed by atoms with E-state index in [-0.39, 0.29) is 18.0 Å². The highest BCUT2D eigenvalue weighted by molar-refractivity contribution is 7.89. The maximum absolute atomic E-state index is 12.6. The number of nitrogens with two attached hydrogens (primary N) is 1. The molecule has 21 heavy (non-hydrogen) atoms. The summed E-state index contributed by atoms with van der Waals surface area (Å²) in [6, 6.07) is 8.52. The van der Waals surface area contributed by atoms with E-state index in [2.05, 4.69) is 0 Å². The normalized spacial score (nSPS) is 12.0. The maximum Gasteiger partial charge on any atom is 0.246 e. The molecule has 2 rings (SSSR count).